The van der Waals surface area contributed by atoms with Crippen molar-refractivity contribution in [1.82, 2.24) is 10.3 Å². The Hall–Kier alpha value is -1.43. The molecule has 0 aliphatic carbocycles. The van der Waals surface area contributed by atoms with Crippen LogP contribution in [-0.2, 0) is 4.79 Å². The molecule has 1 aliphatic heterocycles. The lowest BCUT2D eigenvalue weighted by molar-refractivity contribution is -0.116. The number of carbonyl (C=O) groups is 1. The van der Waals surface area contributed by atoms with Gasteiger partial charge in [0.25, 0.3) is 0 Å². The first kappa shape index (κ1) is 16.9. The third kappa shape index (κ3) is 4.53. The van der Waals surface area contributed by atoms with Crippen molar-refractivity contribution < 1.29 is 4.79 Å². The van der Waals surface area contributed by atoms with Crippen LogP contribution in [-0.4, -0.2) is 23.5 Å². The highest BCUT2D eigenvalue weighted by molar-refractivity contribution is 7.13. The van der Waals surface area contributed by atoms with Gasteiger partial charge in [0.05, 0.1) is 0 Å². The monoisotopic (exact) mass is 337 g/mol. The zero-order chi connectivity index (χ0) is 14.5. The number of amides is 1. The highest BCUT2D eigenvalue weighted by atomic mass is 35.5. The van der Waals surface area contributed by atoms with Crippen LogP contribution in [0.1, 0.15) is 25.7 Å². The minimum Gasteiger partial charge on any atom is -0.326 e. The summed E-state index contributed by atoms with van der Waals surface area (Å²) < 4.78 is 0. The third-order valence-electron chi connectivity index (χ3n) is 3.73. The van der Waals surface area contributed by atoms with Crippen LogP contribution in [0, 0.1) is 0 Å². The molecule has 0 bridgehead atoms. The number of hydrogen-bond donors (Lipinski definition) is 2. The van der Waals surface area contributed by atoms with Gasteiger partial charge in [-0.2, -0.15) is 0 Å². The van der Waals surface area contributed by atoms with Crippen molar-refractivity contribution in [2.75, 3.05) is 11.9 Å². The van der Waals surface area contributed by atoms with Gasteiger partial charge in [-0.15, -0.1) is 23.7 Å². The topological polar surface area (TPSA) is 54.0 Å². The van der Waals surface area contributed by atoms with Gasteiger partial charge in [-0.1, -0.05) is 0 Å². The van der Waals surface area contributed by atoms with E-state index in [-0.39, 0.29) is 18.3 Å². The van der Waals surface area contributed by atoms with Gasteiger partial charge in [-0.3, -0.25) is 4.79 Å². The maximum Gasteiger partial charge on any atom is 0.224 e. The summed E-state index contributed by atoms with van der Waals surface area (Å²) in [6.07, 6.45) is 5.71. The van der Waals surface area contributed by atoms with E-state index >= 15 is 0 Å². The maximum absolute atomic E-state index is 11.9. The van der Waals surface area contributed by atoms with E-state index in [1.54, 1.807) is 17.5 Å². The van der Waals surface area contributed by atoms with Crippen molar-refractivity contribution >= 4 is 35.3 Å². The van der Waals surface area contributed by atoms with Gasteiger partial charge in [0, 0.05) is 35.3 Å². The van der Waals surface area contributed by atoms with E-state index in [9.17, 15) is 4.79 Å². The second-order valence-electron chi connectivity index (χ2n) is 5.29. The van der Waals surface area contributed by atoms with E-state index in [4.69, 9.17) is 0 Å². The minimum absolute atomic E-state index is 0. The first-order valence-corrected chi connectivity index (χ1v) is 8.22. The van der Waals surface area contributed by atoms with Crippen molar-refractivity contribution in [2.45, 2.75) is 31.7 Å². The Morgan fingerprint density at radius 1 is 1.36 bits per heavy atom. The standard InChI is InChI=1S/C16H19N3OS.ClH/c20-15(8-7-13-2-1-9-17-13)19-14-5-3-12(4-6-14)16-18-10-11-21-16;/h3-6,10-11,13,17H,1-2,7-9H2,(H,19,20);1H. The first-order chi connectivity index (χ1) is 10.3. The van der Waals surface area contributed by atoms with E-state index < -0.39 is 0 Å². The molecule has 22 heavy (non-hydrogen) atoms. The number of benzene rings is 1. The Morgan fingerprint density at radius 2 is 2.18 bits per heavy atom. The molecule has 1 saturated heterocycles. The van der Waals surface area contributed by atoms with Crippen LogP contribution in [0.3, 0.4) is 0 Å². The average Bonchev–Trinajstić information content (AvgIpc) is 3.19. The molecule has 1 aliphatic rings. The zero-order valence-electron chi connectivity index (χ0n) is 12.2. The highest BCUT2D eigenvalue weighted by Crippen LogP contribution is 2.23. The molecule has 1 atom stereocenters. The molecule has 0 spiro atoms. The number of nitrogens with one attached hydrogen (secondary N) is 2. The molecular formula is C16H20ClN3OS. The van der Waals surface area contributed by atoms with Gasteiger partial charge >= 0.3 is 0 Å². The molecule has 2 aromatic rings. The van der Waals surface area contributed by atoms with Gasteiger partial charge in [0.15, 0.2) is 0 Å². The number of aromatic nitrogens is 1. The van der Waals surface area contributed by atoms with E-state index in [0.717, 1.165) is 29.2 Å². The molecule has 2 N–H and O–H groups in total. The summed E-state index contributed by atoms with van der Waals surface area (Å²) in [5, 5.41) is 9.33. The fourth-order valence-corrected chi connectivity index (χ4v) is 3.24. The number of anilines is 1. The van der Waals surface area contributed by atoms with Gasteiger partial charge < -0.3 is 10.6 Å². The first-order valence-electron chi connectivity index (χ1n) is 7.34. The number of halogens is 1. The molecule has 4 nitrogen and oxygen atoms in total. The molecule has 1 unspecified atom stereocenters. The molecule has 0 radical (unpaired) electrons. The largest absolute Gasteiger partial charge is 0.326 e. The molecule has 118 valence electrons. The number of thiazole rings is 1. The minimum atomic E-state index is 0. The van der Waals surface area contributed by atoms with Crippen molar-refractivity contribution in [3.63, 3.8) is 0 Å². The molecule has 1 amide bonds. The smallest absolute Gasteiger partial charge is 0.224 e. The molecule has 1 aromatic heterocycles. The summed E-state index contributed by atoms with van der Waals surface area (Å²) in [5.74, 6) is 0.0886. The zero-order valence-corrected chi connectivity index (χ0v) is 13.9. The maximum atomic E-state index is 11.9. The average molecular weight is 338 g/mol. The Bertz CT molecular complexity index is 580. The van der Waals surface area contributed by atoms with Gasteiger partial charge in [-0.25, -0.2) is 4.98 Å². The van der Waals surface area contributed by atoms with E-state index in [1.807, 2.05) is 29.6 Å². The summed E-state index contributed by atoms with van der Waals surface area (Å²) in [7, 11) is 0. The molecular weight excluding hydrogens is 318 g/mol. The lowest BCUT2D eigenvalue weighted by Gasteiger charge is -2.10. The molecule has 6 heteroatoms. The van der Waals surface area contributed by atoms with Gasteiger partial charge in [-0.05, 0) is 50.1 Å². The Labute approximate surface area is 140 Å². The molecule has 2 heterocycles. The van der Waals surface area contributed by atoms with Crippen molar-refractivity contribution in [2.24, 2.45) is 0 Å². The Kier molecular flexibility index (Phi) is 6.36. The quantitative estimate of drug-likeness (QED) is 0.874. The summed E-state index contributed by atoms with van der Waals surface area (Å²) in [6.45, 7) is 1.09. The molecule has 3 rings (SSSR count). The predicted octanol–water partition coefficient (Wildman–Crippen LogP) is 3.70. The second kappa shape index (κ2) is 8.27. The van der Waals surface area contributed by atoms with Crippen molar-refractivity contribution in [3.8, 4) is 10.6 Å². The van der Waals surface area contributed by atoms with Crippen LogP contribution in [0.2, 0.25) is 0 Å². The lowest BCUT2D eigenvalue weighted by Crippen LogP contribution is -2.23. The second-order valence-corrected chi connectivity index (χ2v) is 6.19. The fraction of sp³-hybridized carbons (Fsp3) is 0.375. The van der Waals surface area contributed by atoms with Gasteiger partial charge in [0.2, 0.25) is 5.91 Å². The van der Waals surface area contributed by atoms with Crippen LogP contribution in [0.4, 0.5) is 5.69 Å². The Balaban J connectivity index is 0.00000176. The van der Waals surface area contributed by atoms with Crippen molar-refractivity contribution in [3.05, 3.63) is 35.8 Å². The summed E-state index contributed by atoms with van der Waals surface area (Å²) in [6, 6.07) is 8.37. The van der Waals surface area contributed by atoms with E-state index in [0.29, 0.717) is 12.5 Å². The molecule has 0 saturated carbocycles. The van der Waals surface area contributed by atoms with E-state index in [2.05, 4.69) is 15.6 Å². The lowest BCUT2D eigenvalue weighted by atomic mass is 10.1. The van der Waals surface area contributed by atoms with Crippen LogP contribution in [0.25, 0.3) is 10.6 Å². The number of nitrogens with zero attached hydrogens (tertiary/aromatic N) is 1. The Morgan fingerprint density at radius 3 is 2.82 bits per heavy atom. The predicted molar refractivity (Wildman–Crippen MR) is 93.7 cm³/mol. The summed E-state index contributed by atoms with van der Waals surface area (Å²) >= 11 is 1.61. The number of carbonyl (C=O) groups excluding carboxylic acids is 1. The number of hydrogen-bond acceptors (Lipinski definition) is 4. The fourth-order valence-electron chi connectivity index (χ4n) is 2.59. The molecule has 1 fully saturated rings. The highest BCUT2D eigenvalue weighted by Gasteiger charge is 2.15. The summed E-state index contributed by atoms with van der Waals surface area (Å²) in [4.78, 5) is 16.2. The van der Waals surface area contributed by atoms with Crippen molar-refractivity contribution in [1.29, 1.82) is 0 Å². The molecule has 1 aromatic carbocycles. The normalized spacial score (nSPS) is 17.0. The van der Waals surface area contributed by atoms with Crippen LogP contribution in [0.5, 0.6) is 0 Å². The van der Waals surface area contributed by atoms with Gasteiger partial charge in [0.1, 0.15) is 5.01 Å². The van der Waals surface area contributed by atoms with Crippen LogP contribution < -0.4 is 10.6 Å². The van der Waals surface area contributed by atoms with Crippen LogP contribution in [0.15, 0.2) is 35.8 Å². The number of rotatable bonds is 5. The third-order valence-corrected chi connectivity index (χ3v) is 4.55. The summed E-state index contributed by atoms with van der Waals surface area (Å²) in [5.41, 5.74) is 1.93. The van der Waals surface area contributed by atoms with Crippen LogP contribution >= 0.6 is 23.7 Å². The van der Waals surface area contributed by atoms with E-state index in [1.165, 1.54) is 12.8 Å². The SMILES string of the molecule is Cl.O=C(CCC1CCCN1)Nc1ccc(-c2nccs2)cc1.